The second-order valence-electron chi connectivity index (χ2n) is 4.61. The van der Waals surface area contributed by atoms with Gasteiger partial charge < -0.3 is 4.74 Å². The first-order valence-corrected chi connectivity index (χ1v) is 6.19. The highest BCUT2D eigenvalue weighted by atomic mass is 35.5. The number of hydrogen-bond donors (Lipinski definition) is 0. The molecule has 86 valence electrons. The molecule has 0 aliphatic carbocycles. The lowest BCUT2D eigenvalue weighted by atomic mass is 9.86. The van der Waals surface area contributed by atoms with Crippen molar-refractivity contribution in [3.8, 4) is 5.88 Å². The lowest BCUT2D eigenvalue weighted by Gasteiger charge is -2.44. The number of nitrogens with zero attached hydrogens (tertiary/aromatic N) is 2. The fourth-order valence-corrected chi connectivity index (χ4v) is 2.74. The van der Waals surface area contributed by atoms with Gasteiger partial charge in [0.05, 0.1) is 5.02 Å². The Morgan fingerprint density at radius 1 is 1.31 bits per heavy atom. The van der Waals surface area contributed by atoms with Crippen LogP contribution in [-0.2, 0) is 0 Å². The minimum atomic E-state index is 0.316. The molecule has 1 unspecified atom stereocenters. The molecule has 0 saturated carbocycles. The van der Waals surface area contributed by atoms with Crippen molar-refractivity contribution in [1.82, 2.24) is 9.88 Å². The van der Waals surface area contributed by atoms with Crippen LogP contribution in [0.3, 0.4) is 0 Å². The van der Waals surface area contributed by atoms with Crippen molar-refractivity contribution in [2.24, 2.45) is 5.92 Å². The van der Waals surface area contributed by atoms with Gasteiger partial charge in [0.1, 0.15) is 6.10 Å². The van der Waals surface area contributed by atoms with E-state index in [4.69, 9.17) is 16.3 Å². The zero-order valence-electron chi connectivity index (χ0n) is 9.10. The van der Waals surface area contributed by atoms with Crippen molar-refractivity contribution in [3.63, 3.8) is 0 Å². The van der Waals surface area contributed by atoms with Crippen LogP contribution in [0.4, 0.5) is 0 Å². The fraction of sp³-hybridized carbons (Fsp3) is 0.583. The zero-order chi connectivity index (χ0) is 11.0. The summed E-state index contributed by atoms with van der Waals surface area (Å²) in [5.74, 6) is 1.41. The SMILES string of the molecule is Clc1ccc(OC2CN3CCC2CC3)nc1. The Balaban J connectivity index is 1.68. The minimum Gasteiger partial charge on any atom is -0.473 e. The summed E-state index contributed by atoms with van der Waals surface area (Å²) < 4.78 is 5.93. The molecule has 1 atom stereocenters. The molecule has 0 spiro atoms. The quantitative estimate of drug-likeness (QED) is 0.790. The van der Waals surface area contributed by atoms with Crippen LogP contribution in [0.5, 0.6) is 5.88 Å². The number of fused-ring (bicyclic) bond motifs is 3. The molecule has 4 rings (SSSR count). The molecule has 1 aromatic rings. The molecule has 4 heterocycles. The Hall–Kier alpha value is -0.800. The third-order valence-corrected chi connectivity index (χ3v) is 3.79. The average Bonchev–Trinajstić information content (AvgIpc) is 2.34. The second-order valence-corrected chi connectivity index (χ2v) is 5.05. The molecule has 3 fully saturated rings. The molecule has 3 saturated heterocycles. The first-order valence-electron chi connectivity index (χ1n) is 5.82. The molecule has 0 amide bonds. The first kappa shape index (κ1) is 10.4. The van der Waals surface area contributed by atoms with E-state index in [1.54, 1.807) is 6.20 Å². The van der Waals surface area contributed by atoms with Crippen molar-refractivity contribution in [3.05, 3.63) is 23.4 Å². The molecule has 3 aliphatic rings. The van der Waals surface area contributed by atoms with Gasteiger partial charge in [-0.3, -0.25) is 4.90 Å². The lowest BCUT2D eigenvalue weighted by molar-refractivity contribution is -0.00992. The van der Waals surface area contributed by atoms with Crippen LogP contribution >= 0.6 is 11.6 Å². The van der Waals surface area contributed by atoms with Gasteiger partial charge in [0.15, 0.2) is 0 Å². The molecule has 16 heavy (non-hydrogen) atoms. The van der Waals surface area contributed by atoms with E-state index < -0.39 is 0 Å². The van der Waals surface area contributed by atoms with Gasteiger partial charge in [-0.25, -0.2) is 4.98 Å². The number of aromatic nitrogens is 1. The molecule has 2 bridgehead atoms. The van der Waals surface area contributed by atoms with Crippen LogP contribution in [0.15, 0.2) is 18.3 Å². The Bertz CT molecular complexity index is 360. The molecule has 0 N–H and O–H groups in total. The number of rotatable bonds is 2. The molecule has 4 heteroatoms. The number of ether oxygens (including phenoxy) is 1. The highest BCUT2D eigenvalue weighted by Gasteiger charge is 2.35. The van der Waals surface area contributed by atoms with Gasteiger partial charge in [-0.2, -0.15) is 0 Å². The number of pyridine rings is 1. The Morgan fingerprint density at radius 2 is 2.12 bits per heavy atom. The van der Waals surface area contributed by atoms with E-state index in [9.17, 15) is 0 Å². The minimum absolute atomic E-state index is 0.316. The molecule has 3 aliphatic heterocycles. The van der Waals surface area contributed by atoms with Crippen molar-refractivity contribution in [2.75, 3.05) is 19.6 Å². The van der Waals surface area contributed by atoms with Crippen LogP contribution in [0.1, 0.15) is 12.8 Å². The van der Waals surface area contributed by atoms with Gasteiger partial charge >= 0.3 is 0 Å². The summed E-state index contributed by atoms with van der Waals surface area (Å²) in [4.78, 5) is 6.66. The molecule has 0 radical (unpaired) electrons. The van der Waals surface area contributed by atoms with Crippen LogP contribution < -0.4 is 4.74 Å². The van der Waals surface area contributed by atoms with E-state index in [1.165, 1.54) is 25.9 Å². The summed E-state index contributed by atoms with van der Waals surface area (Å²) in [6.07, 6.45) is 4.48. The highest BCUT2D eigenvalue weighted by molar-refractivity contribution is 6.30. The number of hydrogen-bond acceptors (Lipinski definition) is 3. The summed E-state index contributed by atoms with van der Waals surface area (Å²) >= 11 is 5.79. The molecule has 3 nitrogen and oxygen atoms in total. The van der Waals surface area contributed by atoms with Crippen LogP contribution in [0.25, 0.3) is 0 Å². The van der Waals surface area contributed by atoms with Gasteiger partial charge in [0, 0.05) is 18.8 Å². The lowest BCUT2D eigenvalue weighted by Crippen LogP contribution is -2.52. The number of halogens is 1. The van der Waals surface area contributed by atoms with Gasteiger partial charge in [0.25, 0.3) is 0 Å². The van der Waals surface area contributed by atoms with Crippen molar-refractivity contribution in [2.45, 2.75) is 18.9 Å². The maximum absolute atomic E-state index is 5.93. The maximum Gasteiger partial charge on any atom is 0.213 e. The predicted molar refractivity (Wildman–Crippen MR) is 62.8 cm³/mol. The maximum atomic E-state index is 5.93. The third-order valence-electron chi connectivity index (χ3n) is 3.57. The van der Waals surface area contributed by atoms with Crippen LogP contribution in [0, 0.1) is 5.92 Å². The van der Waals surface area contributed by atoms with E-state index in [0.29, 0.717) is 22.9 Å². The fourth-order valence-electron chi connectivity index (χ4n) is 2.63. The van der Waals surface area contributed by atoms with E-state index in [-0.39, 0.29) is 0 Å². The average molecular weight is 239 g/mol. The van der Waals surface area contributed by atoms with Crippen molar-refractivity contribution >= 4 is 11.6 Å². The van der Waals surface area contributed by atoms with Crippen molar-refractivity contribution < 1.29 is 4.74 Å². The first-order chi connectivity index (χ1) is 7.81. The topological polar surface area (TPSA) is 25.4 Å². The molecule has 1 aromatic heterocycles. The Kier molecular flexibility index (Phi) is 2.74. The summed E-state index contributed by atoms with van der Waals surface area (Å²) in [5, 5.41) is 0.654. The summed E-state index contributed by atoms with van der Waals surface area (Å²) in [5.41, 5.74) is 0. The standard InChI is InChI=1S/C12H15ClN2O/c13-10-1-2-12(14-7-10)16-11-8-15-5-3-9(11)4-6-15/h1-2,7,9,11H,3-6,8H2. The van der Waals surface area contributed by atoms with E-state index in [2.05, 4.69) is 9.88 Å². The van der Waals surface area contributed by atoms with Crippen molar-refractivity contribution in [1.29, 1.82) is 0 Å². The van der Waals surface area contributed by atoms with E-state index in [0.717, 1.165) is 6.54 Å². The summed E-state index contributed by atoms with van der Waals surface area (Å²) in [7, 11) is 0. The van der Waals surface area contributed by atoms with Gasteiger partial charge in [-0.05, 0) is 37.9 Å². The second kappa shape index (κ2) is 4.22. The molecule has 0 aromatic carbocycles. The van der Waals surface area contributed by atoms with E-state index >= 15 is 0 Å². The van der Waals surface area contributed by atoms with Gasteiger partial charge in [-0.1, -0.05) is 11.6 Å². The Morgan fingerprint density at radius 3 is 2.69 bits per heavy atom. The third kappa shape index (κ3) is 2.02. The monoisotopic (exact) mass is 238 g/mol. The summed E-state index contributed by atoms with van der Waals surface area (Å²) in [6, 6.07) is 3.67. The van der Waals surface area contributed by atoms with Gasteiger partial charge in [-0.15, -0.1) is 0 Å². The Labute approximate surface area is 100 Å². The largest absolute Gasteiger partial charge is 0.473 e. The molecular formula is C12H15ClN2O. The highest BCUT2D eigenvalue weighted by Crippen LogP contribution is 2.30. The van der Waals surface area contributed by atoms with Crippen LogP contribution in [-0.4, -0.2) is 35.6 Å². The summed E-state index contributed by atoms with van der Waals surface area (Å²) in [6.45, 7) is 3.52. The van der Waals surface area contributed by atoms with Gasteiger partial charge in [0.2, 0.25) is 5.88 Å². The number of piperidine rings is 3. The normalized spacial score (nSPS) is 32.7. The smallest absolute Gasteiger partial charge is 0.213 e. The predicted octanol–water partition coefficient (Wildman–Crippen LogP) is 2.21. The molecular weight excluding hydrogens is 224 g/mol. The zero-order valence-corrected chi connectivity index (χ0v) is 9.86. The van der Waals surface area contributed by atoms with E-state index in [1.807, 2.05) is 12.1 Å². The van der Waals surface area contributed by atoms with Crippen LogP contribution in [0.2, 0.25) is 5.02 Å².